The molecule has 5 aliphatic carbocycles. The lowest BCUT2D eigenvalue weighted by atomic mass is 9.70. The van der Waals surface area contributed by atoms with Gasteiger partial charge in [-0.3, -0.25) is 0 Å². The molecule has 5 fully saturated rings. The Morgan fingerprint density at radius 3 is 0.511 bits per heavy atom. The van der Waals surface area contributed by atoms with Gasteiger partial charge < -0.3 is 0 Å². The zero-order chi connectivity index (χ0) is 34.2. The van der Waals surface area contributed by atoms with E-state index < -0.39 is 0 Å². The Hall–Kier alpha value is 0. The molecule has 0 amide bonds. The highest BCUT2D eigenvalue weighted by atomic mass is 14.3. The SMILES string of the molecule is C.C1CCC1.CC.CC.CC1CCC(C)CC1.CC1CCC(C)CC1.CC1CCC(C2CCC(C)CC2)CC1.CCC.CCC. The van der Waals surface area contributed by atoms with E-state index in [1.165, 1.54) is 116 Å². The maximum atomic E-state index is 2.43. The maximum absolute atomic E-state index is 2.43. The fourth-order valence-corrected chi connectivity index (χ4v) is 6.62. The summed E-state index contributed by atoms with van der Waals surface area (Å²) in [5.41, 5.74) is 0. The normalized spacial score (nSPS) is 31.3. The van der Waals surface area contributed by atoms with Crippen LogP contribution < -0.4 is 0 Å². The quantitative estimate of drug-likeness (QED) is 0.268. The summed E-state index contributed by atoms with van der Waals surface area (Å²) in [5.74, 6) is 8.34. The minimum absolute atomic E-state index is 0. The van der Waals surface area contributed by atoms with Crippen molar-refractivity contribution < 1.29 is 0 Å². The molecule has 0 nitrogen and oxygen atoms in total. The van der Waals surface area contributed by atoms with Crippen LogP contribution in [0.5, 0.6) is 0 Å². The Bertz CT molecular complexity index is 406. The van der Waals surface area contributed by atoms with Gasteiger partial charge in [-0.1, -0.05) is 220 Å². The zero-order valence-electron chi connectivity index (χ0n) is 34.2. The number of rotatable bonds is 1. The molecule has 278 valence electrons. The first-order valence-corrected chi connectivity index (χ1v) is 21.2. The molecule has 0 aromatic rings. The van der Waals surface area contributed by atoms with Gasteiger partial charge in [0.25, 0.3) is 0 Å². The first-order chi connectivity index (χ1) is 21.2. The van der Waals surface area contributed by atoms with Gasteiger partial charge >= 0.3 is 0 Å². The molecule has 5 saturated carbocycles. The van der Waals surface area contributed by atoms with Gasteiger partial charge in [-0.15, -0.1) is 0 Å². The van der Waals surface area contributed by atoms with E-state index in [4.69, 9.17) is 0 Å². The van der Waals surface area contributed by atoms with Crippen LogP contribution in [-0.4, -0.2) is 0 Å². The van der Waals surface area contributed by atoms with Crippen LogP contribution in [0.1, 0.15) is 246 Å². The fourth-order valence-electron chi connectivity index (χ4n) is 6.62. The molecule has 0 saturated heterocycles. The second-order valence-corrected chi connectivity index (χ2v) is 15.6. The van der Waals surface area contributed by atoms with Crippen LogP contribution in [0.3, 0.4) is 0 Å². The molecule has 0 unspecified atom stereocenters. The molecular formula is C45H98. The van der Waals surface area contributed by atoms with Crippen molar-refractivity contribution in [3.05, 3.63) is 0 Å². The zero-order valence-corrected chi connectivity index (χ0v) is 34.2. The molecule has 5 aliphatic rings. The summed E-state index contributed by atoms with van der Waals surface area (Å²) in [6.07, 6.45) is 32.5. The lowest BCUT2D eigenvalue weighted by Gasteiger charge is -2.36. The van der Waals surface area contributed by atoms with E-state index in [1.807, 2.05) is 27.7 Å². The molecule has 0 atom stereocenters. The van der Waals surface area contributed by atoms with Crippen LogP contribution in [0, 0.1) is 47.3 Å². The standard InChI is InChI=1S/C14H26.2C8H16.C4H8.2C3H8.2C2H6.CH4/c1-11-3-7-13(8-4-11)14-9-5-12(2)6-10-14;2*1-7-3-5-8(2)6-4-7;1-2-4-3-1;2*1-3-2;2*1-2;/h11-14H,3-10H2,1-2H3;2*7-8H,3-6H2,1-2H3;1-4H2;2*3H2,1-2H3;2*1-2H3;1H4. The first-order valence-electron chi connectivity index (χ1n) is 21.2. The van der Waals surface area contributed by atoms with Crippen molar-refractivity contribution in [2.24, 2.45) is 47.3 Å². The van der Waals surface area contributed by atoms with Crippen LogP contribution in [0.2, 0.25) is 0 Å². The Balaban J connectivity index is -0.000000237. The van der Waals surface area contributed by atoms with Crippen molar-refractivity contribution >= 4 is 0 Å². The summed E-state index contributed by atoms with van der Waals surface area (Å²) < 4.78 is 0. The van der Waals surface area contributed by atoms with Crippen LogP contribution in [-0.2, 0) is 0 Å². The average Bonchev–Trinajstić information content (AvgIpc) is 3.00. The molecular weight excluding hydrogens is 540 g/mol. The molecule has 0 aromatic carbocycles. The molecule has 0 spiro atoms. The van der Waals surface area contributed by atoms with Crippen molar-refractivity contribution in [1.82, 2.24) is 0 Å². The second kappa shape index (κ2) is 38.4. The summed E-state index contributed by atoms with van der Waals surface area (Å²) in [6.45, 7) is 30.8. The van der Waals surface area contributed by atoms with Crippen molar-refractivity contribution in [3.63, 3.8) is 0 Å². The van der Waals surface area contributed by atoms with Crippen molar-refractivity contribution in [1.29, 1.82) is 0 Å². The monoisotopic (exact) mass is 639 g/mol. The summed E-state index contributed by atoms with van der Waals surface area (Å²) >= 11 is 0. The topological polar surface area (TPSA) is 0 Å². The summed E-state index contributed by atoms with van der Waals surface area (Å²) in [5, 5.41) is 0. The van der Waals surface area contributed by atoms with E-state index in [1.54, 1.807) is 25.7 Å². The number of hydrogen-bond acceptors (Lipinski definition) is 0. The predicted octanol–water partition coefficient (Wildman–Crippen LogP) is 17.4. The van der Waals surface area contributed by atoms with E-state index in [0.717, 1.165) is 47.3 Å². The van der Waals surface area contributed by atoms with Gasteiger partial charge in [0.2, 0.25) is 0 Å². The van der Waals surface area contributed by atoms with Gasteiger partial charge in [-0.05, 0) is 73.0 Å². The lowest BCUT2D eigenvalue weighted by molar-refractivity contribution is 0.155. The molecule has 0 heteroatoms. The smallest absolute Gasteiger partial charge is 0.0386 e. The highest BCUT2D eigenvalue weighted by Crippen LogP contribution is 2.41. The van der Waals surface area contributed by atoms with Crippen LogP contribution in [0.25, 0.3) is 0 Å². The predicted molar refractivity (Wildman–Crippen MR) is 216 cm³/mol. The second-order valence-electron chi connectivity index (χ2n) is 15.6. The number of hydrogen-bond donors (Lipinski definition) is 0. The lowest BCUT2D eigenvalue weighted by Crippen LogP contribution is -2.24. The maximum Gasteiger partial charge on any atom is -0.0386 e. The Morgan fingerprint density at radius 2 is 0.400 bits per heavy atom. The van der Waals surface area contributed by atoms with Crippen molar-refractivity contribution in [2.75, 3.05) is 0 Å². The van der Waals surface area contributed by atoms with Gasteiger partial charge in [0.15, 0.2) is 0 Å². The largest absolute Gasteiger partial charge is 0.0776 e. The third-order valence-corrected chi connectivity index (χ3v) is 10.4. The van der Waals surface area contributed by atoms with Gasteiger partial charge in [0.1, 0.15) is 0 Å². The Kier molecular flexibility index (Phi) is 44.3. The minimum atomic E-state index is 0. The van der Waals surface area contributed by atoms with Gasteiger partial charge in [0.05, 0.1) is 0 Å². The minimum Gasteiger partial charge on any atom is -0.0776 e. The third kappa shape index (κ3) is 33.7. The molecule has 5 rings (SSSR count). The van der Waals surface area contributed by atoms with Crippen LogP contribution >= 0.6 is 0 Å². The van der Waals surface area contributed by atoms with Gasteiger partial charge in [-0.2, -0.15) is 0 Å². The summed E-state index contributed by atoms with van der Waals surface area (Å²) in [6, 6.07) is 0. The van der Waals surface area contributed by atoms with Crippen molar-refractivity contribution in [3.8, 4) is 0 Å². The van der Waals surface area contributed by atoms with E-state index in [2.05, 4.69) is 69.2 Å². The molecule has 0 N–H and O–H groups in total. The fraction of sp³-hybridized carbons (Fsp3) is 1.00. The van der Waals surface area contributed by atoms with E-state index in [0.29, 0.717) is 0 Å². The van der Waals surface area contributed by atoms with Crippen LogP contribution in [0.4, 0.5) is 0 Å². The summed E-state index contributed by atoms with van der Waals surface area (Å²) in [7, 11) is 0. The molecule has 0 aromatic heterocycles. The van der Waals surface area contributed by atoms with E-state index >= 15 is 0 Å². The molecule has 0 radical (unpaired) electrons. The van der Waals surface area contributed by atoms with E-state index in [9.17, 15) is 0 Å². The molecule has 45 heavy (non-hydrogen) atoms. The average molecular weight is 639 g/mol. The summed E-state index contributed by atoms with van der Waals surface area (Å²) in [4.78, 5) is 0. The highest BCUT2D eigenvalue weighted by Gasteiger charge is 2.28. The third-order valence-electron chi connectivity index (χ3n) is 10.4. The highest BCUT2D eigenvalue weighted by molar-refractivity contribution is 4.80. The Morgan fingerprint density at radius 1 is 0.289 bits per heavy atom. The first kappa shape index (κ1) is 51.8. The molecule has 0 aliphatic heterocycles. The van der Waals surface area contributed by atoms with Crippen molar-refractivity contribution in [2.45, 2.75) is 246 Å². The van der Waals surface area contributed by atoms with Gasteiger partial charge in [0, 0.05) is 0 Å². The van der Waals surface area contributed by atoms with E-state index in [-0.39, 0.29) is 7.43 Å². The molecule has 0 bridgehead atoms. The molecule has 0 heterocycles. The Labute approximate surface area is 292 Å². The van der Waals surface area contributed by atoms with Crippen LogP contribution in [0.15, 0.2) is 0 Å². The van der Waals surface area contributed by atoms with Gasteiger partial charge in [-0.25, -0.2) is 0 Å².